The summed E-state index contributed by atoms with van der Waals surface area (Å²) in [6.07, 6.45) is 12.6. The van der Waals surface area contributed by atoms with Gasteiger partial charge in [-0.3, -0.25) is 4.79 Å². The topological polar surface area (TPSA) is 34.1 Å². The van der Waals surface area contributed by atoms with E-state index in [1.807, 2.05) is 0 Å². The van der Waals surface area contributed by atoms with E-state index in [0.29, 0.717) is 24.5 Å². The Morgan fingerprint density at radius 1 is 1.06 bits per heavy atom. The van der Waals surface area contributed by atoms with Crippen molar-refractivity contribution in [2.45, 2.75) is 84.5 Å². The zero-order chi connectivity index (χ0) is 13.6. The molecule has 0 aliphatic rings. The van der Waals surface area contributed by atoms with E-state index >= 15 is 0 Å². The fraction of sp³-hybridized carbons (Fsp3) is 0.875. The van der Waals surface area contributed by atoms with E-state index in [1.54, 1.807) is 0 Å². The minimum atomic E-state index is 0.368. The Morgan fingerprint density at radius 2 is 1.67 bits per heavy atom. The zero-order valence-corrected chi connectivity index (χ0v) is 12.2. The van der Waals surface area contributed by atoms with Crippen LogP contribution < -0.4 is 0 Å². The maximum absolute atomic E-state index is 11.7. The van der Waals surface area contributed by atoms with Crippen molar-refractivity contribution in [3.05, 3.63) is 0 Å². The highest BCUT2D eigenvalue weighted by Crippen LogP contribution is 2.14. The molecule has 0 bridgehead atoms. The van der Waals surface area contributed by atoms with Crippen molar-refractivity contribution >= 4 is 12.1 Å². The van der Waals surface area contributed by atoms with Gasteiger partial charge in [-0.2, -0.15) is 0 Å². The second-order valence-corrected chi connectivity index (χ2v) is 5.46. The molecule has 0 fully saturated rings. The average Bonchev–Trinajstić information content (AvgIpc) is 2.35. The number of carbonyl (C=O) groups is 2. The lowest BCUT2D eigenvalue weighted by molar-refractivity contribution is -0.120. The summed E-state index contributed by atoms with van der Waals surface area (Å²) in [5, 5.41) is 0. The number of Topliss-reactive ketones (excluding diaryl/α,β-unsaturated/α-hetero) is 1. The fourth-order valence-corrected chi connectivity index (χ4v) is 2.22. The standard InChI is InChI=1S/C16H30O2/c1-3-4-5-6-7-8-9-12-16(18)14-15(2)11-10-13-17/h13,15H,3-12,14H2,1-2H3. The average molecular weight is 254 g/mol. The molecule has 106 valence electrons. The van der Waals surface area contributed by atoms with Crippen molar-refractivity contribution in [3.63, 3.8) is 0 Å². The van der Waals surface area contributed by atoms with Crippen LogP contribution in [0.3, 0.4) is 0 Å². The molecule has 1 atom stereocenters. The van der Waals surface area contributed by atoms with Crippen LogP contribution in [0.5, 0.6) is 0 Å². The first kappa shape index (κ1) is 17.3. The Hall–Kier alpha value is -0.660. The Morgan fingerprint density at radius 3 is 2.28 bits per heavy atom. The molecule has 0 saturated heterocycles. The number of ketones is 1. The lowest BCUT2D eigenvalue weighted by Crippen LogP contribution is -2.05. The third-order valence-corrected chi connectivity index (χ3v) is 3.41. The van der Waals surface area contributed by atoms with Crippen LogP contribution in [0.15, 0.2) is 0 Å². The minimum Gasteiger partial charge on any atom is -0.303 e. The van der Waals surface area contributed by atoms with Crippen LogP contribution >= 0.6 is 0 Å². The number of rotatable bonds is 13. The van der Waals surface area contributed by atoms with Crippen molar-refractivity contribution in [2.24, 2.45) is 5.92 Å². The van der Waals surface area contributed by atoms with E-state index in [1.165, 1.54) is 38.5 Å². The predicted molar refractivity (Wildman–Crippen MR) is 76.7 cm³/mol. The molecule has 0 aromatic heterocycles. The third-order valence-electron chi connectivity index (χ3n) is 3.41. The second kappa shape index (κ2) is 12.8. The van der Waals surface area contributed by atoms with Crippen LogP contribution in [0.1, 0.15) is 84.5 Å². The Kier molecular flexibility index (Phi) is 12.3. The van der Waals surface area contributed by atoms with Crippen LogP contribution in [-0.2, 0) is 9.59 Å². The van der Waals surface area contributed by atoms with E-state index in [2.05, 4.69) is 13.8 Å². The van der Waals surface area contributed by atoms with E-state index in [0.717, 1.165) is 25.5 Å². The van der Waals surface area contributed by atoms with E-state index in [9.17, 15) is 9.59 Å². The van der Waals surface area contributed by atoms with E-state index in [4.69, 9.17) is 0 Å². The molecule has 0 heterocycles. The highest BCUT2D eigenvalue weighted by Gasteiger charge is 2.08. The van der Waals surface area contributed by atoms with Gasteiger partial charge in [0.25, 0.3) is 0 Å². The lowest BCUT2D eigenvalue weighted by Gasteiger charge is -2.08. The van der Waals surface area contributed by atoms with Crippen LogP contribution in [0, 0.1) is 5.92 Å². The maximum Gasteiger partial charge on any atom is 0.133 e. The minimum absolute atomic E-state index is 0.368. The summed E-state index contributed by atoms with van der Waals surface area (Å²) >= 11 is 0. The van der Waals surface area contributed by atoms with Gasteiger partial charge in [0.2, 0.25) is 0 Å². The number of aldehydes is 1. The molecule has 0 radical (unpaired) electrons. The number of carbonyl (C=O) groups excluding carboxylic acids is 2. The predicted octanol–water partition coefficient (Wildman–Crippen LogP) is 4.70. The highest BCUT2D eigenvalue weighted by molar-refractivity contribution is 5.78. The number of unbranched alkanes of at least 4 members (excludes halogenated alkanes) is 6. The molecule has 0 aromatic rings. The SMILES string of the molecule is CCCCCCCCCC(=O)CC(C)CCC=O. The Labute approximate surface area is 113 Å². The molecule has 0 amide bonds. The van der Waals surface area contributed by atoms with Crippen molar-refractivity contribution in [2.75, 3.05) is 0 Å². The first-order valence-electron chi connectivity index (χ1n) is 7.66. The molecule has 0 saturated carbocycles. The van der Waals surface area contributed by atoms with E-state index < -0.39 is 0 Å². The van der Waals surface area contributed by atoms with Crippen LogP contribution in [-0.4, -0.2) is 12.1 Å². The van der Waals surface area contributed by atoms with Crippen molar-refractivity contribution in [1.29, 1.82) is 0 Å². The van der Waals surface area contributed by atoms with Gasteiger partial charge in [0, 0.05) is 19.3 Å². The molecule has 0 aliphatic carbocycles. The molecule has 0 N–H and O–H groups in total. The van der Waals surface area contributed by atoms with Crippen molar-refractivity contribution < 1.29 is 9.59 Å². The molecular formula is C16H30O2. The van der Waals surface area contributed by atoms with Gasteiger partial charge < -0.3 is 4.79 Å². The smallest absolute Gasteiger partial charge is 0.133 e. The molecule has 0 rings (SSSR count). The van der Waals surface area contributed by atoms with Crippen LogP contribution in [0.25, 0.3) is 0 Å². The first-order chi connectivity index (χ1) is 8.70. The summed E-state index contributed by atoms with van der Waals surface area (Å²) in [7, 11) is 0. The van der Waals surface area contributed by atoms with Gasteiger partial charge >= 0.3 is 0 Å². The van der Waals surface area contributed by atoms with Crippen LogP contribution in [0.2, 0.25) is 0 Å². The first-order valence-corrected chi connectivity index (χ1v) is 7.66. The van der Waals surface area contributed by atoms with Gasteiger partial charge in [0.05, 0.1) is 0 Å². The molecule has 2 nitrogen and oxygen atoms in total. The highest BCUT2D eigenvalue weighted by atomic mass is 16.1. The van der Waals surface area contributed by atoms with Gasteiger partial charge in [-0.1, -0.05) is 52.4 Å². The molecular weight excluding hydrogens is 224 g/mol. The van der Waals surface area contributed by atoms with Gasteiger partial charge in [0.1, 0.15) is 12.1 Å². The maximum atomic E-state index is 11.7. The second-order valence-electron chi connectivity index (χ2n) is 5.46. The molecule has 2 heteroatoms. The quantitative estimate of drug-likeness (QED) is 0.352. The molecule has 1 unspecified atom stereocenters. The largest absolute Gasteiger partial charge is 0.303 e. The summed E-state index contributed by atoms with van der Waals surface area (Å²) in [5.74, 6) is 0.745. The lowest BCUT2D eigenvalue weighted by atomic mass is 9.97. The Balaban J connectivity index is 3.33. The number of hydrogen-bond acceptors (Lipinski definition) is 2. The summed E-state index contributed by atoms with van der Waals surface area (Å²) in [6.45, 7) is 4.29. The number of hydrogen-bond donors (Lipinski definition) is 0. The molecule has 0 aromatic carbocycles. The van der Waals surface area contributed by atoms with Crippen LogP contribution in [0.4, 0.5) is 0 Å². The monoisotopic (exact) mass is 254 g/mol. The summed E-state index contributed by atoms with van der Waals surface area (Å²) in [4.78, 5) is 21.9. The van der Waals surface area contributed by atoms with Crippen molar-refractivity contribution in [3.8, 4) is 0 Å². The van der Waals surface area contributed by atoms with Crippen molar-refractivity contribution in [1.82, 2.24) is 0 Å². The van der Waals surface area contributed by atoms with Gasteiger partial charge in [-0.15, -0.1) is 0 Å². The fourth-order valence-electron chi connectivity index (χ4n) is 2.22. The zero-order valence-electron chi connectivity index (χ0n) is 12.2. The van der Waals surface area contributed by atoms with Gasteiger partial charge in [-0.25, -0.2) is 0 Å². The van der Waals surface area contributed by atoms with Gasteiger partial charge in [0.15, 0.2) is 0 Å². The van der Waals surface area contributed by atoms with Gasteiger partial charge in [-0.05, 0) is 18.8 Å². The Bertz CT molecular complexity index is 211. The normalized spacial score (nSPS) is 12.3. The molecule has 0 spiro atoms. The third kappa shape index (κ3) is 11.8. The molecule has 0 aliphatic heterocycles. The summed E-state index contributed by atoms with van der Waals surface area (Å²) in [5.41, 5.74) is 0. The summed E-state index contributed by atoms with van der Waals surface area (Å²) < 4.78 is 0. The van der Waals surface area contributed by atoms with E-state index in [-0.39, 0.29) is 0 Å². The summed E-state index contributed by atoms with van der Waals surface area (Å²) in [6, 6.07) is 0. The molecule has 18 heavy (non-hydrogen) atoms.